The summed E-state index contributed by atoms with van der Waals surface area (Å²) in [5, 5.41) is 4.17. The Morgan fingerprint density at radius 1 is 0.931 bits per heavy atom. The monoisotopic (exact) mass is 383 g/mol. The van der Waals surface area contributed by atoms with Crippen molar-refractivity contribution in [2.75, 3.05) is 0 Å². The lowest BCUT2D eigenvalue weighted by Gasteiger charge is -2.08. The molecule has 4 nitrogen and oxygen atoms in total. The topological polar surface area (TPSA) is 43.9 Å². The van der Waals surface area contributed by atoms with E-state index in [1.54, 1.807) is 12.1 Å². The van der Waals surface area contributed by atoms with Gasteiger partial charge in [0.15, 0.2) is 5.82 Å². The molecule has 5 rings (SSSR count). The van der Waals surface area contributed by atoms with Crippen molar-refractivity contribution in [3.63, 3.8) is 0 Å². The lowest BCUT2D eigenvalue weighted by atomic mass is 10.1. The number of hydrogen-bond acceptors (Lipinski definition) is 3. The van der Waals surface area contributed by atoms with E-state index in [0.717, 1.165) is 16.6 Å². The highest BCUT2D eigenvalue weighted by Gasteiger charge is 2.18. The zero-order valence-electron chi connectivity index (χ0n) is 15.8. The molecule has 5 heteroatoms. The minimum Gasteiger partial charge on any atom is -0.352 e. The standard InChI is InChI=1S/C24H18FN3O/c1-16-6-8-17(9-7-16)15-28-22-5-3-2-4-20(22)26-24(28)23-14-21(27-29-23)18-10-12-19(25)13-11-18/h2-14H,15H2,1H3. The number of fused-ring (bicyclic) bond motifs is 1. The summed E-state index contributed by atoms with van der Waals surface area (Å²) in [7, 11) is 0. The van der Waals surface area contributed by atoms with Crippen LogP contribution in [0.2, 0.25) is 0 Å². The average Bonchev–Trinajstić information content (AvgIpc) is 3.36. The molecule has 0 fully saturated rings. The maximum atomic E-state index is 13.2. The maximum absolute atomic E-state index is 13.2. The third-order valence-electron chi connectivity index (χ3n) is 4.99. The van der Waals surface area contributed by atoms with Crippen LogP contribution in [0.15, 0.2) is 83.4 Å². The van der Waals surface area contributed by atoms with Crippen molar-refractivity contribution in [2.45, 2.75) is 13.5 Å². The zero-order valence-corrected chi connectivity index (χ0v) is 15.8. The van der Waals surface area contributed by atoms with Gasteiger partial charge in [0, 0.05) is 18.2 Å². The van der Waals surface area contributed by atoms with Crippen molar-refractivity contribution >= 4 is 11.0 Å². The maximum Gasteiger partial charge on any atom is 0.203 e. The van der Waals surface area contributed by atoms with Crippen molar-refractivity contribution in [3.8, 4) is 22.8 Å². The minimum absolute atomic E-state index is 0.280. The first kappa shape index (κ1) is 17.4. The Kier molecular flexibility index (Phi) is 4.21. The summed E-state index contributed by atoms with van der Waals surface area (Å²) in [4.78, 5) is 4.79. The molecule has 0 bridgehead atoms. The number of nitrogens with zero attached hydrogens (tertiary/aromatic N) is 3. The second-order valence-electron chi connectivity index (χ2n) is 7.08. The van der Waals surface area contributed by atoms with Gasteiger partial charge in [0.1, 0.15) is 11.5 Å². The highest BCUT2D eigenvalue weighted by Crippen LogP contribution is 2.29. The molecule has 29 heavy (non-hydrogen) atoms. The summed E-state index contributed by atoms with van der Waals surface area (Å²) in [6, 6.07) is 24.5. The molecule has 0 unspecified atom stereocenters. The summed E-state index contributed by atoms with van der Waals surface area (Å²) in [6.07, 6.45) is 0. The number of aryl methyl sites for hydroxylation is 1. The molecule has 0 N–H and O–H groups in total. The van der Waals surface area contributed by atoms with Crippen molar-refractivity contribution in [1.29, 1.82) is 0 Å². The highest BCUT2D eigenvalue weighted by atomic mass is 19.1. The van der Waals surface area contributed by atoms with E-state index in [2.05, 4.69) is 47.0 Å². The van der Waals surface area contributed by atoms with E-state index in [0.29, 0.717) is 23.8 Å². The number of imidazole rings is 1. The number of hydrogen-bond donors (Lipinski definition) is 0. The molecular weight excluding hydrogens is 365 g/mol. The van der Waals surface area contributed by atoms with Gasteiger partial charge < -0.3 is 9.09 Å². The fraction of sp³-hybridized carbons (Fsp3) is 0.0833. The first-order chi connectivity index (χ1) is 14.2. The van der Waals surface area contributed by atoms with E-state index in [1.807, 2.05) is 24.3 Å². The van der Waals surface area contributed by atoms with Crippen LogP contribution in [0, 0.1) is 12.7 Å². The third kappa shape index (κ3) is 3.31. The Morgan fingerprint density at radius 2 is 1.69 bits per heavy atom. The molecule has 2 aromatic heterocycles. The summed E-state index contributed by atoms with van der Waals surface area (Å²) >= 11 is 0. The van der Waals surface area contributed by atoms with Crippen molar-refractivity contribution in [3.05, 3.63) is 95.8 Å². The van der Waals surface area contributed by atoms with E-state index in [9.17, 15) is 4.39 Å². The minimum atomic E-state index is -0.280. The van der Waals surface area contributed by atoms with E-state index >= 15 is 0 Å². The van der Waals surface area contributed by atoms with Gasteiger partial charge in [0.05, 0.1) is 11.0 Å². The van der Waals surface area contributed by atoms with Gasteiger partial charge in [-0.3, -0.25) is 0 Å². The molecule has 0 saturated carbocycles. The van der Waals surface area contributed by atoms with Crippen LogP contribution >= 0.6 is 0 Å². The molecule has 0 saturated heterocycles. The van der Waals surface area contributed by atoms with Gasteiger partial charge in [-0.05, 0) is 48.9 Å². The predicted molar refractivity (Wildman–Crippen MR) is 111 cm³/mol. The van der Waals surface area contributed by atoms with Crippen LogP contribution in [0.4, 0.5) is 4.39 Å². The van der Waals surface area contributed by atoms with Crippen molar-refractivity contribution in [1.82, 2.24) is 14.7 Å². The molecule has 0 atom stereocenters. The molecule has 0 radical (unpaired) electrons. The molecule has 5 aromatic rings. The number of para-hydroxylation sites is 2. The van der Waals surface area contributed by atoms with E-state index in [1.165, 1.54) is 23.3 Å². The molecule has 3 aromatic carbocycles. The predicted octanol–water partition coefficient (Wildman–Crippen LogP) is 5.85. The fourth-order valence-corrected chi connectivity index (χ4v) is 3.44. The molecule has 142 valence electrons. The summed E-state index contributed by atoms with van der Waals surface area (Å²) < 4.78 is 21.0. The molecule has 2 heterocycles. The number of aromatic nitrogens is 3. The van der Waals surface area contributed by atoms with Crippen LogP contribution in [-0.2, 0) is 6.54 Å². The van der Waals surface area contributed by atoms with Gasteiger partial charge in [-0.2, -0.15) is 0 Å². The molecule has 0 spiro atoms. The van der Waals surface area contributed by atoms with Crippen LogP contribution < -0.4 is 0 Å². The molecular formula is C24H18FN3O. The molecule has 0 aliphatic heterocycles. The Labute approximate surface area is 167 Å². The SMILES string of the molecule is Cc1ccc(Cn2c(-c3cc(-c4ccc(F)cc4)no3)nc3ccccc32)cc1. The molecule has 0 aliphatic carbocycles. The van der Waals surface area contributed by atoms with Crippen molar-refractivity contribution < 1.29 is 8.91 Å². The first-order valence-electron chi connectivity index (χ1n) is 9.41. The lowest BCUT2D eigenvalue weighted by molar-refractivity contribution is 0.430. The Bertz CT molecular complexity index is 1280. The second-order valence-corrected chi connectivity index (χ2v) is 7.08. The van der Waals surface area contributed by atoms with Crippen molar-refractivity contribution in [2.24, 2.45) is 0 Å². The Balaban J connectivity index is 1.59. The summed E-state index contributed by atoms with van der Waals surface area (Å²) in [6.45, 7) is 2.75. The highest BCUT2D eigenvalue weighted by molar-refractivity contribution is 5.80. The van der Waals surface area contributed by atoms with Gasteiger partial charge in [0.25, 0.3) is 0 Å². The smallest absolute Gasteiger partial charge is 0.203 e. The number of rotatable bonds is 4. The van der Waals surface area contributed by atoms with Gasteiger partial charge in [-0.25, -0.2) is 9.37 Å². The van der Waals surface area contributed by atoms with Crippen LogP contribution in [0.1, 0.15) is 11.1 Å². The van der Waals surface area contributed by atoms with Crippen LogP contribution in [0.25, 0.3) is 33.9 Å². The quantitative estimate of drug-likeness (QED) is 0.391. The van der Waals surface area contributed by atoms with E-state index < -0.39 is 0 Å². The second kappa shape index (κ2) is 7.02. The van der Waals surface area contributed by atoms with E-state index in [-0.39, 0.29) is 5.82 Å². The van der Waals surface area contributed by atoms with Gasteiger partial charge in [0.2, 0.25) is 5.76 Å². The summed E-state index contributed by atoms with van der Waals surface area (Å²) in [5.74, 6) is 1.01. The molecule has 0 amide bonds. The van der Waals surface area contributed by atoms with E-state index in [4.69, 9.17) is 9.51 Å². The largest absolute Gasteiger partial charge is 0.352 e. The fourth-order valence-electron chi connectivity index (χ4n) is 3.44. The van der Waals surface area contributed by atoms with Crippen LogP contribution in [0.3, 0.4) is 0 Å². The molecule has 0 aliphatic rings. The number of benzene rings is 3. The Morgan fingerprint density at radius 3 is 2.48 bits per heavy atom. The normalized spacial score (nSPS) is 11.2. The average molecular weight is 383 g/mol. The summed E-state index contributed by atoms with van der Waals surface area (Å²) in [5.41, 5.74) is 5.77. The van der Waals surface area contributed by atoms with Gasteiger partial charge in [-0.15, -0.1) is 0 Å². The number of halogens is 1. The van der Waals surface area contributed by atoms with Gasteiger partial charge in [-0.1, -0.05) is 47.1 Å². The van der Waals surface area contributed by atoms with Gasteiger partial charge >= 0.3 is 0 Å². The third-order valence-corrected chi connectivity index (χ3v) is 4.99. The zero-order chi connectivity index (χ0) is 19.8. The Hall–Kier alpha value is -3.73. The first-order valence-corrected chi connectivity index (χ1v) is 9.41. The van der Waals surface area contributed by atoms with Crippen LogP contribution in [-0.4, -0.2) is 14.7 Å². The lowest BCUT2D eigenvalue weighted by Crippen LogP contribution is -2.02. The van der Waals surface area contributed by atoms with Crippen LogP contribution in [0.5, 0.6) is 0 Å².